The molecule has 0 saturated carbocycles. The van der Waals surface area contributed by atoms with Crippen molar-refractivity contribution in [3.8, 4) is 0 Å². The Balaban J connectivity index is 1.65. The van der Waals surface area contributed by atoms with Crippen molar-refractivity contribution in [2.75, 3.05) is 19.7 Å². The standard InChI is InChI=1S/C21H23NO5S/c1-15-5-6-16(2)19(13-15)20(23)14-27-21(24)17-7-9-18(10-8-17)28(25,26)22-11-3-4-12-22/h5-10,13H,3-4,11-12,14H2,1-2H3. The predicted octanol–water partition coefficient (Wildman–Crippen LogP) is 3.13. The summed E-state index contributed by atoms with van der Waals surface area (Å²) in [5.41, 5.74) is 2.51. The number of esters is 1. The summed E-state index contributed by atoms with van der Waals surface area (Å²) in [5.74, 6) is -0.938. The third kappa shape index (κ3) is 4.31. The molecular formula is C21H23NO5S. The van der Waals surface area contributed by atoms with Crippen molar-refractivity contribution < 1.29 is 22.7 Å². The van der Waals surface area contributed by atoms with E-state index in [0.29, 0.717) is 18.7 Å². The predicted molar refractivity (Wildman–Crippen MR) is 105 cm³/mol. The molecule has 1 heterocycles. The number of hydrogen-bond acceptors (Lipinski definition) is 5. The highest BCUT2D eigenvalue weighted by molar-refractivity contribution is 7.89. The second kappa shape index (κ2) is 8.24. The van der Waals surface area contributed by atoms with Crippen LogP contribution in [0.25, 0.3) is 0 Å². The molecule has 3 rings (SSSR count). The highest BCUT2D eigenvalue weighted by atomic mass is 32.2. The summed E-state index contributed by atoms with van der Waals surface area (Å²) in [4.78, 5) is 24.7. The maximum Gasteiger partial charge on any atom is 0.338 e. The normalized spacial score (nSPS) is 14.8. The van der Waals surface area contributed by atoms with Gasteiger partial charge in [0.1, 0.15) is 0 Å². The van der Waals surface area contributed by atoms with E-state index < -0.39 is 16.0 Å². The van der Waals surface area contributed by atoms with E-state index in [2.05, 4.69) is 0 Å². The first-order chi connectivity index (χ1) is 13.3. The van der Waals surface area contributed by atoms with Gasteiger partial charge < -0.3 is 4.74 Å². The molecule has 2 aromatic carbocycles. The van der Waals surface area contributed by atoms with Gasteiger partial charge in [-0.1, -0.05) is 17.7 Å². The van der Waals surface area contributed by atoms with Crippen LogP contribution < -0.4 is 0 Å². The molecule has 6 nitrogen and oxygen atoms in total. The van der Waals surface area contributed by atoms with E-state index in [4.69, 9.17) is 4.74 Å². The number of sulfonamides is 1. The fourth-order valence-corrected chi connectivity index (χ4v) is 4.69. The van der Waals surface area contributed by atoms with Crippen LogP contribution in [0.1, 0.15) is 44.7 Å². The van der Waals surface area contributed by atoms with E-state index in [1.165, 1.54) is 28.6 Å². The number of nitrogens with zero attached hydrogens (tertiary/aromatic N) is 1. The van der Waals surface area contributed by atoms with E-state index in [1.807, 2.05) is 26.0 Å². The van der Waals surface area contributed by atoms with Gasteiger partial charge in [0.15, 0.2) is 6.61 Å². The summed E-state index contributed by atoms with van der Waals surface area (Å²) in [7, 11) is -3.52. The zero-order valence-electron chi connectivity index (χ0n) is 16.0. The van der Waals surface area contributed by atoms with E-state index in [1.54, 1.807) is 6.07 Å². The number of benzene rings is 2. The first kappa shape index (κ1) is 20.2. The van der Waals surface area contributed by atoms with Crippen LogP contribution in [0.5, 0.6) is 0 Å². The van der Waals surface area contributed by atoms with Crippen molar-refractivity contribution in [1.82, 2.24) is 4.31 Å². The summed E-state index contributed by atoms with van der Waals surface area (Å²) in [6.45, 7) is 4.39. The number of ketones is 1. The molecule has 0 spiro atoms. The Bertz CT molecular complexity index is 990. The number of aryl methyl sites for hydroxylation is 2. The summed E-state index contributed by atoms with van der Waals surface area (Å²) < 4.78 is 31.6. The second-order valence-corrected chi connectivity index (χ2v) is 8.89. The lowest BCUT2D eigenvalue weighted by atomic mass is 10.0. The van der Waals surface area contributed by atoms with Gasteiger partial charge in [-0.15, -0.1) is 0 Å². The van der Waals surface area contributed by atoms with Gasteiger partial charge in [-0.25, -0.2) is 13.2 Å². The van der Waals surface area contributed by atoms with E-state index in [0.717, 1.165) is 24.0 Å². The number of rotatable bonds is 6. The molecule has 7 heteroatoms. The van der Waals surface area contributed by atoms with Crippen LogP contribution >= 0.6 is 0 Å². The van der Waals surface area contributed by atoms with Gasteiger partial charge in [0.05, 0.1) is 10.5 Å². The average molecular weight is 401 g/mol. The third-order valence-corrected chi connectivity index (χ3v) is 6.73. The lowest BCUT2D eigenvalue weighted by Gasteiger charge is -2.15. The number of Topliss-reactive ketones (excluding diaryl/α,β-unsaturated/α-hetero) is 1. The molecule has 1 aliphatic rings. The first-order valence-corrected chi connectivity index (χ1v) is 10.6. The Morgan fingerprint density at radius 2 is 1.64 bits per heavy atom. The van der Waals surface area contributed by atoms with Gasteiger partial charge in [0.2, 0.25) is 15.8 Å². The molecule has 0 amide bonds. The van der Waals surface area contributed by atoms with E-state index in [-0.39, 0.29) is 22.8 Å². The smallest absolute Gasteiger partial charge is 0.338 e. The topological polar surface area (TPSA) is 80.8 Å². The Morgan fingerprint density at radius 3 is 2.29 bits per heavy atom. The molecule has 1 fully saturated rings. The molecule has 0 aromatic heterocycles. The molecule has 0 bridgehead atoms. The molecule has 1 saturated heterocycles. The highest BCUT2D eigenvalue weighted by Crippen LogP contribution is 2.21. The molecule has 2 aromatic rings. The molecular weight excluding hydrogens is 378 g/mol. The Morgan fingerprint density at radius 1 is 1.00 bits per heavy atom. The molecule has 148 valence electrons. The summed E-state index contributed by atoms with van der Waals surface area (Å²) >= 11 is 0. The van der Waals surface area contributed by atoms with Crippen LogP contribution in [0.3, 0.4) is 0 Å². The summed E-state index contributed by atoms with van der Waals surface area (Å²) in [6.07, 6.45) is 1.72. The first-order valence-electron chi connectivity index (χ1n) is 9.17. The van der Waals surface area contributed by atoms with Gasteiger partial charge >= 0.3 is 5.97 Å². The quantitative estimate of drug-likeness (QED) is 0.549. The number of carbonyl (C=O) groups excluding carboxylic acids is 2. The van der Waals surface area contributed by atoms with Crippen LogP contribution in [-0.4, -0.2) is 44.2 Å². The Labute approximate surface area is 165 Å². The van der Waals surface area contributed by atoms with Crippen molar-refractivity contribution >= 4 is 21.8 Å². The summed E-state index contributed by atoms with van der Waals surface area (Å²) in [6, 6.07) is 11.2. The fourth-order valence-electron chi connectivity index (χ4n) is 3.17. The highest BCUT2D eigenvalue weighted by Gasteiger charge is 2.27. The largest absolute Gasteiger partial charge is 0.454 e. The fraction of sp³-hybridized carbons (Fsp3) is 0.333. The molecule has 1 aliphatic heterocycles. The molecule has 0 atom stereocenters. The van der Waals surface area contributed by atoms with Crippen LogP contribution in [0, 0.1) is 13.8 Å². The molecule has 0 radical (unpaired) electrons. The van der Waals surface area contributed by atoms with Gasteiger partial charge in [-0.2, -0.15) is 4.31 Å². The van der Waals surface area contributed by atoms with Crippen molar-refractivity contribution in [3.63, 3.8) is 0 Å². The lowest BCUT2D eigenvalue weighted by molar-refractivity contribution is 0.0474. The van der Waals surface area contributed by atoms with Crippen molar-refractivity contribution in [2.24, 2.45) is 0 Å². The Hall–Kier alpha value is -2.51. The zero-order chi connectivity index (χ0) is 20.3. The van der Waals surface area contributed by atoms with Crippen molar-refractivity contribution in [2.45, 2.75) is 31.6 Å². The van der Waals surface area contributed by atoms with Gasteiger partial charge in [-0.05, 0) is 62.6 Å². The van der Waals surface area contributed by atoms with E-state index in [9.17, 15) is 18.0 Å². The van der Waals surface area contributed by atoms with Gasteiger partial charge in [-0.3, -0.25) is 4.79 Å². The minimum Gasteiger partial charge on any atom is -0.454 e. The van der Waals surface area contributed by atoms with Crippen LogP contribution in [0.15, 0.2) is 47.4 Å². The maximum absolute atomic E-state index is 12.5. The van der Waals surface area contributed by atoms with Crippen molar-refractivity contribution in [1.29, 1.82) is 0 Å². The van der Waals surface area contributed by atoms with Gasteiger partial charge in [0, 0.05) is 18.7 Å². The molecule has 28 heavy (non-hydrogen) atoms. The zero-order valence-corrected chi connectivity index (χ0v) is 16.8. The SMILES string of the molecule is Cc1ccc(C)c(C(=O)COC(=O)c2ccc(S(=O)(=O)N3CCCC3)cc2)c1. The number of hydrogen-bond donors (Lipinski definition) is 0. The second-order valence-electron chi connectivity index (χ2n) is 6.95. The van der Waals surface area contributed by atoms with Crippen LogP contribution in [-0.2, 0) is 14.8 Å². The van der Waals surface area contributed by atoms with Gasteiger partial charge in [0.25, 0.3) is 0 Å². The number of ether oxygens (including phenoxy) is 1. The minimum atomic E-state index is -3.52. The molecule has 0 aliphatic carbocycles. The maximum atomic E-state index is 12.5. The average Bonchev–Trinajstić information content (AvgIpc) is 3.23. The van der Waals surface area contributed by atoms with Crippen LogP contribution in [0.2, 0.25) is 0 Å². The number of carbonyl (C=O) groups is 2. The monoisotopic (exact) mass is 401 g/mol. The van der Waals surface area contributed by atoms with E-state index >= 15 is 0 Å². The lowest BCUT2D eigenvalue weighted by Crippen LogP contribution is -2.27. The minimum absolute atomic E-state index is 0.150. The molecule has 0 N–H and O–H groups in total. The molecule has 0 unspecified atom stereocenters. The van der Waals surface area contributed by atoms with Crippen molar-refractivity contribution in [3.05, 3.63) is 64.7 Å². The Kier molecular flexibility index (Phi) is 5.96. The summed E-state index contributed by atoms with van der Waals surface area (Å²) in [5, 5.41) is 0. The third-order valence-electron chi connectivity index (χ3n) is 4.82. The van der Waals surface area contributed by atoms with Crippen LogP contribution in [0.4, 0.5) is 0 Å².